The van der Waals surface area contributed by atoms with Gasteiger partial charge in [0.15, 0.2) is 5.41 Å². The molecule has 3 rings (SSSR count). The van der Waals surface area contributed by atoms with Gasteiger partial charge in [0.05, 0.1) is 29.5 Å². The summed E-state index contributed by atoms with van der Waals surface area (Å²) >= 11 is 3.44. The van der Waals surface area contributed by atoms with Crippen LogP contribution in [0.2, 0.25) is 0 Å². The second-order valence-corrected chi connectivity index (χ2v) is 7.82. The molecule has 1 saturated carbocycles. The molecule has 0 bridgehead atoms. The zero-order valence-electron chi connectivity index (χ0n) is 13.9. The molecule has 0 radical (unpaired) electrons. The molecule has 0 aliphatic heterocycles. The predicted molar refractivity (Wildman–Crippen MR) is 97.4 cm³/mol. The minimum Gasteiger partial charge on any atom is -0.399 e. The highest BCUT2D eigenvalue weighted by Crippen LogP contribution is 2.56. The monoisotopic (exact) mass is 394 g/mol. The third-order valence-electron chi connectivity index (χ3n) is 5.75. The van der Waals surface area contributed by atoms with Crippen LogP contribution in [0.4, 0.5) is 0 Å². The second-order valence-electron chi connectivity index (χ2n) is 6.91. The lowest BCUT2D eigenvalue weighted by Crippen LogP contribution is -2.44. The molecule has 1 unspecified atom stereocenters. The molecule has 0 aromatic heterocycles. The van der Waals surface area contributed by atoms with E-state index in [2.05, 4.69) is 34.1 Å². The lowest BCUT2D eigenvalue weighted by Gasteiger charge is -2.44. The van der Waals surface area contributed by atoms with E-state index in [4.69, 9.17) is 5.73 Å². The van der Waals surface area contributed by atoms with E-state index in [-0.39, 0.29) is 23.5 Å². The van der Waals surface area contributed by atoms with Crippen molar-refractivity contribution in [3.8, 4) is 18.2 Å². The highest BCUT2D eigenvalue weighted by Gasteiger charge is 2.54. The first-order valence-corrected chi connectivity index (χ1v) is 9.36. The molecule has 4 nitrogen and oxygen atoms in total. The number of allylic oxidation sites excluding steroid dienone is 2. The van der Waals surface area contributed by atoms with Crippen molar-refractivity contribution in [2.45, 2.75) is 38.0 Å². The average molecular weight is 395 g/mol. The van der Waals surface area contributed by atoms with Crippen LogP contribution < -0.4 is 5.73 Å². The van der Waals surface area contributed by atoms with Gasteiger partial charge in [0.25, 0.3) is 0 Å². The number of fused-ring (bicyclic) bond motifs is 1. The fraction of sp³-hybridized carbons (Fsp3) is 0.450. The Kier molecular flexibility index (Phi) is 4.85. The average Bonchev–Trinajstić information content (AvgIpc) is 2.87. The van der Waals surface area contributed by atoms with Crippen LogP contribution in [0.25, 0.3) is 0 Å². The summed E-state index contributed by atoms with van der Waals surface area (Å²) in [6.45, 7) is 0. The van der Waals surface area contributed by atoms with E-state index in [1.807, 2.05) is 24.3 Å². The minimum atomic E-state index is -1.48. The number of hydrogen-bond acceptors (Lipinski definition) is 4. The van der Waals surface area contributed by atoms with Gasteiger partial charge >= 0.3 is 0 Å². The first-order valence-electron chi connectivity index (χ1n) is 8.57. The summed E-state index contributed by atoms with van der Waals surface area (Å²) in [5.74, 6) is -0.184. The van der Waals surface area contributed by atoms with E-state index in [0.29, 0.717) is 5.57 Å². The van der Waals surface area contributed by atoms with Crippen molar-refractivity contribution < 1.29 is 0 Å². The molecule has 1 aromatic rings. The summed E-state index contributed by atoms with van der Waals surface area (Å²) in [5.41, 5.74) is 6.40. The summed E-state index contributed by atoms with van der Waals surface area (Å²) in [4.78, 5) is 0. The minimum absolute atomic E-state index is 0.0379. The van der Waals surface area contributed by atoms with Gasteiger partial charge in [-0.2, -0.15) is 15.8 Å². The summed E-state index contributed by atoms with van der Waals surface area (Å²) in [5, 5.41) is 29.6. The zero-order valence-corrected chi connectivity index (χ0v) is 15.5. The van der Waals surface area contributed by atoms with E-state index < -0.39 is 5.41 Å². The molecule has 1 fully saturated rings. The van der Waals surface area contributed by atoms with Crippen LogP contribution in [-0.4, -0.2) is 0 Å². The molecule has 0 heterocycles. The van der Waals surface area contributed by atoms with Gasteiger partial charge in [-0.05, 0) is 42.4 Å². The van der Waals surface area contributed by atoms with Crippen LogP contribution in [0.1, 0.15) is 43.6 Å². The number of nitrogens with zero attached hydrogens (tertiary/aromatic N) is 3. The molecule has 2 N–H and O–H groups in total. The molecule has 126 valence electrons. The number of nitrogens with two attached hydrogens (primary N) is 1. The molecule has 3 atom stereocenters. The van der Waals surface area contributed by atoms with Crippen LogP contribution in [0.15, 0.2) is 40.0 Å². The van der Waals surface area contributed by atoms with E-state index in [1.54, 1.807) is 0 Å². The van der Waals surface area contributed by atoms with Gasteiger partial charge in [-0.15, -0.1) is 0 Å². The zero-order chi connectivity index (χ0) is 18.0. The van der Waals surface area contributed by atoms with Gasteiger partial charge in [-0.1, -0.05) is 47.3 Å². The molecular weight excluding hydrogens is 376 g/mol. The van der Waals surface area contributed by atoms with Crippen molar-refractivity contribution in [1.29, 1.82) is 15.8 Å². The van der Waals surface area contributed by atoms with Crippen molar-refractivity contribution in [2.75, 3.05) is 0 Å². The Bertz CT molecular complexity index is 805. The summed E-state index contributed by atoms with van der Waals surface area (Å²) in [7, 11) is 0. The predicted octanol–water partition coefficient (Wildman–Crippen LogP) is 4.51. The number of halogens is 1. The van der Waals surface area contributed by atoms with Gasteiger partial charge in [0, 0.05) is 10.4 Å². The van der Waals surface area contributed by atoms with E-state index in [0.717, 1.165) is 42.1 Å². The van der Waals surface area contributed by atoms with Gasteiger partial charge in [0.1, 0.15) is 0 Å². The quantitative estimate of drug-likeness (QED) is 0.756. The third kappa shape index (κ3) is 2.72. The molecule has 0 saturated heterocycles. The lowest BCUT2D eigenvalue weighted by molar-refractivity contribution is 0.218. The molecule has 5 heteroatoms. The smallest absolute Gasteiger partial charge is 0.190 e. The Morgan fingerprint density at radius 3 is 2.24 bits per heavy atom. The van der Waals surface area contributed by atoms with Crippen LogP contribution in [0, 0.1) is 51.2 Å². The van der Waals surface area contributed by atoms with Crippen LogP contribution in [0.5, 0.6) is 0 Å². The maximum absolute atomic E-state index is 9.97. The topological polar surface area (TPSA) is 97.4 Å². The van der Waals surface area contributed by atoms with Gasteiger partial charge in [-0.25, -0.2) is 0 Å². The molecule has 1 aromatic carbocycles. The van der Waals surface area contributed by atoms with Crippen molar-refractivity contribution in [2.24, 2.45) is 23.0 Å². The fourth-order valence-electron chi connectivity index (χ4n) is 4.59. The Morgan fingerprint density at radius 2 is 1.64 bits per heavy atom. The van der Waals surface area contributed by atoms with Crippen molar-refractivity contribution in [3.63, 3.8) is 0 Å². The van der Waals surface area contributed by atoms with Crippen LogP contribution >= 0.6 is 15.9 Å². The van der Waals surface area contributed by atoms with Crippen molar-refractivity contribution >= 4 is 15.9 Å². The van der Waals surface area contributed by atoms with Crippen molar-refractivity contribution in [1.82, 2.24) is 0 Å². The number of hydrogen-bond donors (Lipinski definition) is 1. The molecule has 0 amide bonds. The molecule has 0 spiro atoms. The normalized spacial score (nSPS) is 28.0. The number of benzene rings is 1. The standard InChI is InChI=1S/C20H19BrN4/c21-14-8-6-13(7-9-14)18-16-5-3-1-2-4-15(16)17(10-22)19(25)20(18,11-23)12-24/h6-9,15-16,18H,1-5,25H2/t15?,16-,18+/m0/s1. The van der Waals surface area contributed by atoms with E-state index >= 15 is 0 Å². The first kappa shape index (κ1) is 17.5. The van der Waals surface area contributed by atoms with E-state index in [1.165, 1.54) is 0 Å². The van der Waals surface area contributed by atoms with Crippen LogP contribution in [0.3, 0.4) is 0 Å². The highest BCUT2D eigenvalue weighted by molar-refractivity contribution is 9.10. The van der Waals surface area contributed by atoms with E-state index in [9.17, 15) is 15.8 Å². The number of rotatable bonds is 1. The molecule has 2 aliphatic carbocycles. The Hall–Kier alpha value is -2.29. The Morgan fingerprint density at radius 1 is 1.00 bits per heavy atom. The van der Waals surface area contributed by atoms with Crippen LogP contribution in [-0.2, 0) is 0 Å². The maximum Gasteiger partial charge on any atom is 0.190 e. The summed E-state index contributed by atoms with van der Waals surface area (Å²) < 4.78 is 0.949. The highest BCUT2D eigenvalue weighted by atomic mass is 79.9. The second kappa shape index (κ2) is 6.91. The fourth-order valence-corrected chi connectivity index (χ4v) is 4.85. The molecule has 2 aliphatic rings. The maximum atomic E-state index is 9.97. The summed E-state index contributed by atoms with van der Waals surface area (Å²) in [6.07, 6.45) is 5.03. The Balaban J connectivity index is 2.27. The lowest BCUT2D eigenvalue weighted by atomic mass is 9.56. The summed E-state index contributed by atoms with van der Waals surface area (Å²) in [6, 6.07) is 14.4. The number of nitriles is 3. The van der Waals surface area contributed by atoms with Crippen molar-refractivity contribution in [3.05, 3.63) is 45.6 Å². The molecule has 25 heavy (non-hydrogen) atoms. The Labute approximate surface area is 156 Å². The van der Waals surface area contributed by atoms with Gasteiger partial charge < -0.3 is 5.73 Å². The van der Waals surface area contributed by atoms with Gasteiger partial charge in [0.2, 0.25) is 0 Å². The first-order chi connectivity index (χ1) is 12.1. The van der Waals surface area contributed by atoms with Gasteiger partial charge in [-0.3, -0.25) is 0 Å². The SMILES string of the molecule is N#CC1=C(N)C(C#N)(C#N)[C@H](c2ccc(Br)cc2)[C@H]2CCCCCC12. The molecular formula is C20H19BrN4. The third-order valence-corrected chi connectivity index (χ3v) is 6.28. The largest absolute Gasteiger partial charge is 0.399 e.